The van der Waals surface area contributed by atoms with Gasteiger partial charge in [-0.1, -0.05) is 12.1 Å². The fourth-order valence-corrected chi connectivity index (χ4v) is 2.75. The number of ether oxygens (including phenoxy) is 2. The van der Waals surface area contributed by atoms with Gasteiger partial charge < -0.3 is 19.7 Å². The van der Waals surface area contributed by atoms with Crippen LogP contribution in [0.3, 0.4) is 0 Å². The fourth-order valence-electron chi connectivity index (χ4n) is 2.75. The van der Waals surface area contributed by atoms with Gasteiger partial charge in [-0.2, -0.15) is 13.2 Å². The molecule has 152 valence electrons. The SMILES string of the molecule is COC(=O)c1cccc(CN2C(=O)COc3ccc(NC(=O)C(F)(F)F)cc32)c1. The average Bonchev–Trinajstić information content (AvgIpc) is 2.69. The minimum Gasteiger partial charge on any atom is -0.482 e. The highest BCUT2D eigenvalue weighted by molar-refractivity contribution is 6.00. The molecule has 0 unspecified atom stereocenters. The lowest BCUT2D eigenvalue weighted by Crippen LogP contribution is -2.38. The molecule has 0 atom stereocenters. The Morgan fingerprint density at radius 3 is 2.66 bits per heavy atom. The highest BCUT2D eigenvalue weighted by Gasteiger charge is 2.39. The molecule has 0 aromatic heterocycles. The van der Waals surface area contributed by atoms with Crippen molar-refractivity contribution in [1.82, 2.24) is 0 Å². The summed E-state index contributed by atoms with van der Waals surface area (Å²) >= 11 is 0. The number of hydrogen-bond acceptors (Lipinski definition) is 5. The molecule has 0 saturated heterocycles. The van der Waals surface area contributed by atoms with E-state index in [2.05, 4.69) is 4.74 Å². The normalized spacial score (nSPS) is 13.4. The second-order valence-electron chi connectivity index (χ2n) is 6.09. The Morgan fingerprint density at radius 1 is 1.21 bits per heavy atom. The van der Waals surface area contributed by atoms with Crippen molar-refractivity contribution >= 4 is 29.2 Å². The largest absolute Gasteiger partial charge is 0.482 e. The lowest BCUT2D eigenvalue weighted by atomic mass is 10.1. The first kappa shape index (κ1) is 20.2. The van der Waals surface area contributed by atoms with Gasteiger partial charge in [0.25, 0.3) is 5.91 Å². The van der Waals surface area contributed by atoms with Crippen molar-refractivity contribution in [2.45, 2.75) is 12.7 Å². The highest BCUT2D eigenvalue weighted by Crippen LogP contribution is 2.36. The van der Waals surface area contributed by atoms with Crippen LogP contribution in [0, 0.1) is 0 Å². The summed E-state index contributed by atoms with van der Waals surface area (Å²) < 4.78 is 47.5. The molecule has 0 saturated carbocycles. The minimum absolute atomic E-state index is 0.0384. The number of nitrogens with zero attached hydrogens (tertiary/aromatic N) is 1. The summed E-state index contributed by atoms with van der Waals surface area (Å²) in [5, 5.41) is 1.74. The molecular weight excluding hydrogens is 393 g/mol. The number of anilines is 2. The molecule has 2 amide bonds. The molecule has 1 heterocycles. The summed E-state index contributed by atoms with van der Waals surface area (Å²) in [5.74, 6) is -2.82. The lowest BCUT2D eigenvalue weighted by Gasteiger charge is -2.30. The van der Waals surface area contributed by atoms with Crippen molar-refractivity contribution in [3.8, 4) is 5.75 Å². The number of nitrogens with one attached hydrogen (secondary N) is 1. The van der Waals surface area contributed by atoms with E-state index in [9.17, 15) is 27.6 Å². The van der Waals surface area contributed by atoms with Crippen molar-refractivity contribution in [3.05, 3.63) is 53.6 Å². The molecule has 2 aromatic carbocycles. The van der Waals surface area contributed by atoms with Gasteiger partial charge >= 0.3 is 18.1 Å². The van der Waals surface area contributed by atoms with Crippen molar-refractivity contribution in [3.63, 3.8) is 0 Å². The van der Waals surface area contributed by atoms with Crippen molar-refractivity contribution < 1.29 is 37.0 Å². The van der Waals surface area contributed by atoms with E-state index in [1.165, 1.54) is 30.2 Å². The van der Waals surface area contributed by atoms with Crippen LogP contribution in [0.5, 0.6) is 5.75 Å². The van der Waals surface area contributed by atoms with Gasteiger partial charge in [-0.05, 0) is 35.9 Å². The quantitative estimate of drug-likeness (QED) is 0.787. The molecule has 1 aliphatic rings. The van der Waals surface area contributed by atoms with E-state index in [1.54, 1.807) is 29.6 Å². The van der Waals surface area contributed by atoms with E-state index >= 15 is 0 Å². The third-order valence-electron chi connectivity index (χ3n) is 4.11. The molecule has 1 aliphatic heterocycles. The van der Waals surface area contributed by atoms with E-state index < -0.39 is 24.0 Å². The Balaban J connectivity index is 1.90. The first-order chi connectivity index (χ1) is 13.7. The van der Waals surface area contributed by atoms with Crippen LogP contribution in [-0.4, -0.2) is 37.7 Å². The third kappa shape index (κ3) is 4.48. The molecule has 10 heteroatoms. The number of hydrogen-bond donors (Lipinski definition) is 1. The zero-order valence-electron chi connectivity index (χ0n) is 15.1. The molecule has 3 rings (SSSR count). The molecule has 0 spiro atoms. The van der Waals surface area contributed by atoms with Gasteiger partial charge in [-0.15, -0.1) is 0 Å². The first-order valence-electron chi connectivity index (χ1n) is 8.31. The molecule has 0 aliphatic carbocycles. The smallest absolute Gasteiger partial charge is 0.471 e. The number of carbonyl (C=O) groups excluding carboxylic acids is 3. The Morgan fingerprint density at radius 2 is 1.97 bits per heavy atom. The number of esters is 1. The van der Waals surface area contributed by atoms with Crippen LogP contribution in [0.15, 0.2) is 42.5 Å². The van der Waals surface area contributed by atoms with Crippen molar-refractivity contribution in [2.24, 2.45) is 0 Å². The monoisotopic (exact) mass is 408 g/mol. The van der Waals surface area contributed by atoms with Crippen LogP contribution in [0.1, 0.15) is 15.9 Å². The predicted molar refractivity (Wildman–Crippen MR) is 95.6 cm³/mol. The third-order valence-corrected chi connectivity index (χ3v) is 4.11. The second-order valence-corrected chi connectivity index (χ2v) is 6.09. The van der Waals surface area contributed by atoms with Crippen LogP contribution >= 0.6 is 0 Å². The van der Waals surface area contributed by atoms with Gasteiger partial charge in [0.05, 0.1) is 24.9 Å². The zero-order chi connectivity index (χ0) is 21.2. The molecule has 0 fully saturated rings. The maximum absolute atomic E-state index is 12.5. The molecule has 2 aromatic rings. The highest BCUT2D eigenvalue weighted by atomic mass is 19.4. The van der Waals surface area contributed by atoms with Gasteiger partial charge in [0.1, 0.15) is 5.75 Å². The van der Waals surface area contributed by atoms with Crippen LogP contribution < -0.4 is 15.0 Å². The van der Waals surface area contributed by atoms with Crippen LogP contribution in [-0.2, 0) is 20.9 Å². The maximum Gasteiger partial charge on any atom is 0.471 e. The molecular formula is C19H15F3N2O5. The van der Waals surface area contributed by atoms with E-state index in [0.29, 0.717) is 5.56 Å². The minimum atomic E-state index is -5.05. The Bertz CT molecular complexity index is 975. The van der Waals surface area contributed by atoms with Crippen molar-refractivity contribution in [2.75, 3.05) is 23.9 Å². The topological polar surface area (TPSA) is 84.9 Å². The average molecular weight is 408 g/mol. The van der Waals surface area contributed by atoms with E-state index in [0.717, 1.165) is 0 Å². The van der Waals surface area contributed by atoms with Gasteiger partial charge in [-0.3, -0.25) is 9.59 Å². The molecule has 29 heavy (non-hydrogen) atoms. The predicted octanol–water partition coefficient (Wildman–Crippen LogP) is 2.90. The number of methoxy groups -OCH3 is 1. The number of halogens is 3. The van der Waals surface area contributed by atoms with E-state index in [4.69, 9.17) is 4.74 Å². The van der Waals surface area contributed by atoms with Gasteiger partial charge in [0, 0.05) is 5.69 Å². The maximum atomic E-state index is 12.5. The van der Waals surface area contributed by atoms with E-state index in [-0.39, 0.29) is 35.8 Å². The molecule has 1 N–H and O–H groups in total. The fraction of sp³-hybridized carbons (Fsp3) is 0.211. The number of carbonyl (C=O) groups is 3. The number of alkyl halides is 3. The molecule has 0 radical (unpaired) electrons. The van der Waals surface area contributed by atoms with Crippen molar-refractivity contribution in [1.29, 1.82) is 0 Å². The van der Waals surface area contributed by atoms with Crippen LogP contribution in [0.2, 0.25) is 0 Å². The summed E-state index contributed by atoms with van der Waals surface area (Å²) in [7, 11) is 1.24. The number of benzene rings is 2. The van der Waals surface area contributed by atoms with Gasteiger partial charge in [-0.25, -0.2) is 4.79 Å². The Labute approximate surface area is 163 Å². The summed E-state index contributed by atoms with van der Waals surface area (Å²) in [6.45, 7) is -0.214. The van der Waals surface area contributed by atoms with Crippen LogP contribution in [0.25, 0.3) is 0 Å². The Kier molecular flexibility index (Phi) is 5.44. The van der Waals surface area contributed by atoms with E-state index in [1.807, 2.05) is 0 Å². The van der Waals surface area contributed by atoms with Crippen LogP contribution in [0.4, 0.5) is 24.5 Å². The summed E-state index contributed by atoms with van der Waals surface area (Å²) in [5.41, 5.74) is 0.943. The first-order valence-corrected chi connectivity index (χ1v) is 8.31. The molecule has 0 bridgehead atoms. The Hall–Kier alpha value is -3.56. The summed E-state index contributed by atoms with van der Waals surface area (Å²) in [4.78, 5) is 36.5. The standard InChI is InChI=1S/C19H15F3N2O5/c1-28-17(26)12-4-2-3-11(7-12)9-24-14-8-13(23-18(27)19(20,21)22)5-6-15(14)29-10-16(24)25/h2-8H,9-10H2,1H3,(H,23,27). The summed E-state index contributed by atoms with van der Waals surface area (Å²) in [6.07, 6.45) is -5.05. The number of fused-ring (bicyclic) bond motifs is 1. The second kappa shape index (κ2) is 7.82. The number of rotatable bonds is 4. The van der Waals surface area contributed by atoms with Gasteiger partial charge in [0.2, 0.25) is 0 Å². The lowest BCUT2D eigenvalue weighted by molar-refractivity contribution is -0.167. The molecule has 7 nitrogen and oxygen atoms in total. The summed E-state index contributed by atoms with van der Waals surface area (Å²) in [6, 6.07) is 10.2. The zero-order valence-corrected chi connectivity index (χ0v) is 15.1. The van der Waals surface area contributed by atoms with Gasteiger partial charge in [0.15, 0.2) is 6.61 Å². The number of amides is 2.